The summed E-state index contributed by atoms with van der Waals surface area (Å²) in [5.41, 5.74) is 0.952. The van der Waals surface area contributed by atoms with Crippen LogP contribution in [0.15, 0.2) is 4.47 Å². The molecule has 0 bridgehead atoms. The van der Waals surface area contributed by atoms with E-state index in [1.807, 2.05) is 6.92 Å². The van der Waals surface area contributed by atoms with Crippen LogP contribution in [0.4, 0.5) is 0 Å². The zero-order valence-electron chi connectivity index (χ0n) is 9.76. The molecule has 1 aromatic heterocycles. The highest BCUT2D eigenvalue weighted by Crippen LogP contribution is 2.27. The molecule has 0 amide bonds. The van der Waals surface area contributed by atoms with Gasteiger partial charge in [-0.1, -0.05) is 31.9 Å². The lowest BCUT2D eigenvalue weighted by molar-refractivity contribution is 0.0923. The number of methoxy groups -OCH3 is 1. The van der Waals surface area contributed by atoms with Crippen LogP contribution in [-0.4, -0.2) is 17.1 Å². The molecule has 0 aromatic carbocycles. The normalized spacial score (nSPS) is 12.8. The third-order valence-electron chi connectivity index (χ3n) is 2.33. The summed E-state index contributed by atoms with van der Waals surface area (Å²) in [5, 5.41) is 0.462. The van der Waals surface area contributed by atoms with E-state index in [0.29, 0.717) is 11.0 Å². The molecule has 1 unspecified atom stereocenters. The number of aryl methyl sites for hydroxylation is 1. The van der Waals surface area contributed by atoms with E-state index in [2.05, 4.69) is 32.8 Å². The van der Waals surface area contributed by atoms with Gasteiger partial charge in [0, 0.05) is 7.11 Å². The Balaban J connectivity index is 3.12. The fourth-order valence-corrected chi connectivity index (χ4v) is 2.05. The number of hydrogen-bond acceptors (Lipinski definition) is 3. The molecular weight excluding hydrogens is 291 g/mol. The van der Waals surface area contributed by atoms with Crippen molar-refractivity contribution in [1.82, 2.24) is 9.97 Å². The van der Waals surface area contributed by atoms with Crippen LogP contribution in [-0.2, 0) is 11.2 Å². The molecule has 0 saturated heterocycles. The molecule has 0 aliphatic carbocycles. The summed E-state index contributed by atoms with van der Waals surface area (Å²) in [7, 11) is 1.66. The molecule has 0 spiro atoms. The molecule has 1 aromatic rings. The lowest BCUT2D eigenvalue weighted by atomic mass is 10.2. The van der Waals surface area contributed by atoms with Crippen LogP contribution in [0.2, 0.25) is 5.15 Å². The molecule has 0 aliphatic rings. The molecule has 0 radical (unpaired) electrons. The first kappa shape index (κ1) is 13.9. The summed E-state index contributed by atoms with van der Waals surface area (Å²) in [5.74, 6) is 0.668. The van der Waals surface area contributed by atoms with E-state index < -0.39 is 0 Å². The maximum atomic E-state index is 6.06. The number of ether oxygens (including phenoxy) is 1. The van der Waals surface area contributed by atoms with Crippen LogP contribution in [0.3, 0.4) is 0 Å². The topological polar surface area (TPSA) is 35.0 Å². The maximum Gasteiger partial charge on any atom is 0.159 e. The Labute approximate surface area is 110 Å². The molecule has 5 heteroatoms. The molecule has 0 N–H and O–H groups in total. The van der Waals surface area contributed by atoms with Gasteiger partial charge in [-0.05, 0) is 28.8 Å². The van der Waals surface area contributed by atoms with Crippen molar-refractivity contribution in [3.63, 3.8) is 0 Å². The minimum atomic E-state index is -0.0822. The van der Waals surface area contributed by atoms with Gasteiger partial charge < -0.3 is 4.74 Å². The van der Waals surface area contributed by atoms with E-state index in [4.69, 9.17) is 16.3 Å². The zero-order chi connectivity index (χ0) is 12.1. The van der Waals surface area contributed by atoms with Gasteiger partial charge in [0.05, 0.1) is 10.2 Å². The zero-order valence-corrected chi connectivity index (χ0v) is 12.1. The largest absolute Gasteiger partial charge is 0.373 e. The second-order valence-electron chi connectivity index (χ2n) is 3.52. The lowest BCUT2D eigenvalue weighted by Gasteiger charge is -2.14. The van der Waals surface area contributed by atoms with Crippen LogP contribution in [0.5, 0.6) is 0 Å². The minimum absolute atomic E-state index is 0.0822. The van der Waals surface area contributed by atoms with Crippen LogP contribution < -0.4 is 0 Å². The molecule has 1 rings (SSSR count). The quantitative estimate of drug-likeness (QED) is 0.773. The van der Waals surface area contributed by atoms with E-state index in [9.17, 15) is 0 Å². The highest BCUT2D eigenvalue weighted by Gasteiger charge is 2.16. The van der Waals surface area contributed by atoms with Crippen molar-refractivity contribution in [2.45, 2.75) is 39.2 Å². The molecule has 0 fully saturated rings. The Hall–Kier alpha value is -0.190. The first-order valence-electron chi connectivity index (χ1n) is 5.38. The van der Waals surface area contributed by atoms with E-state index in [-0.39, 0.29) is 6.10 Å². The van der Waals surface area contributed by atoms with Gasteiger partial charge in [-0.3, -0.25) is 0 Å². The van der Waals surface area contributed by atoms with Gasteiger partial charge in [-0.15, -0.1) is 0 Å². The van der Waals surface area contributed by atoms with Gasteiger partial charge in [-0.25, -0.2) is 9.97 Å². The summed E-state index contributed by atoms with van der Waals surface area (Å²) in [4.78, 5) is 8.74. The summed E-state index contributed by atoms with van der Waals surface area (Å²) >= 11 is 9.47. The smallest absolute Gasteiger partial charge is 0.159 e. The highest BCUT2D eigenvalue weighted by molar-refractivity contribution is 9.10. The van der Waals surface area contributed by atoms with Gasteiger partial charge in [0.2, 0.25) is 0 Å². The van der Waals surface area contributed by atoms with Crippen molar-refractivity contribution >= 4 is 27.5 Å². The second kappa shape index (κ2) is 6.52. The third-order valence-corrected chi connectivity index (χ3v) is 3.66. The SMILES string of the molecule is CCCc1nc(C(CC)OC)nc(Cl)c1Br. The van der Waals surface area contributed by atoms with Gasteiger partial charge in [0.1, 0.15) is 11.3 Å². The standard InChI is InChI=1S/C11H16BrClN2O/c1-4-6-7-9(12)10(13)15-11(14-7)8(5-2)16-3/h8H,4-6H2,1-3H3. The Morgan fingerprint density at radius 1 is 1.38 bits per heavy atom. The Morgan fingerprint density at radius 2 is 2.06 bits per heavy atom. The number of aromatic nitrogens is 2. The minimum Gasteiger partial charge on any atom is -0.373 e. The van der Waals surface area contributed by atoms with Gasteiger partial charge in [0.15, 0.2) is 5.82 Å². The first-order valence-corrected chi connectivity index (χ1v) is 6.55. The highest BCUT2D eigenvalue weighted by atomic mass is 79.9. The first-order chi connectivity index (χ1) is 7.63. The Bertz CT molecular complexity index is 356. The van der Waals surface area contributed by atoms with Gasteiger partial charge >= 0.3 is 0 Å². The van der Waals surface area contributed by atoms with Crippen molar-refractivity contribution < 1.29 is 4.74 Å². The Kier molecular flexibility index (Phi) is 5.66. The van der Waals surface area contributed by atoms with E-state index in [1.165, 1.54) is 0 Å². The fraction of sp³-hybridized carbons (Fsp3) is 0.636. The van der Waals surface area contributed by atoms with E-state index in [1.54, 1.807) is 7.11 Å². The molecule has 16 heavy (non-hydrogen) atoms. The maximum absolute atomic E-state index is 6.06. The van der Waals surface area contributed by atoms with E-state index >= 15 is 0 Å². The number of rotatable bonds is 5. The average Bonchev–Trinajstić information content (AvgIpc) is 2.27. The summed E-state index contributed by atoms with van der Waals surface area (Å²) in [6, 6.07) is 0. The molecule has 3 nitrogen and oxygen atoms in total. The molecule has 90 valence electrons. The van der Waals surface area contributed by atoms with Crippen LogP contribution in [0.1, 0.15) is 44.3 Å². The van der Waals surface area contributed by atoms with Crippen LogP contribution in [0, 0.1) is 0 Å². The van der Waals surface area contributed by atoms with Gasteiger partial charge in [0.25, 0.3) is 0 Å². The van der Waals surface area contributed by atoms with Crippen molar-refractivity contribution in [2.75, 3.05) is 7.11 Å². The number of nitrogens with zero attached hydrogens (tertiary/aromatic N) is 2. The molecule has 1 heterocycles. The molecule has 1 atom stereocenters. The predicted molar refractivity (Wildman–Crippen MR) is 68.8 cm³/mol. The molecule has 0 saturated carbocycles. The number of hydrogen-bond donors (Lipinski definition) is 0. The molecular formula is C11H16BrClN2O. The molecule has 0 aliphatic heterocycles. The summed E-state index contributed by atoms with van der Waals surface area (Å²) in [6.07, 6.45) is 2.66. The average molecular weight is 308 g/mol. The van der Waals surface area contributed by atoms with Crippen LogP contribution >= 0.6 is 27.5 Å². The predicted octanol–water partition coefficient (Wildman–Crippen LogP) is 3.94. The Morgan fingerprint density at radius 3 is 2.56 bits per heavy atom. The number of halogens is 2. The lowest BCUT2D eigenvalue weighted by Crippen LogP contribution is -2.08. The van der Waals surface area contributed by atoms with E-state index in [0.717, 1.165) is 29.4 Å². The summed E-state index contributed by atoms with van der Waals surface area (Å²) in [6.45, 7) is 4.14. The van der Waals surface area contributed by atoms with Gasteiger partial charge in [-0.2, -0.15) is 0 Å². The van der Waals surface area contributed by atoms with Crippen molar-refractivity contribution in [1.29, 1.82) is 0 Å². The van der Waals surface area contributed by atoms with Crippen LogP contribution in [0.25, 0.3) is 0 Å². The van der Waals surface area contributed by atoms with Crippen molar-refractivity contribution in [3.8, 4) is 0 Å². The van der Waals surface area contributed by atoms with Crippen molar-refractivity contribution in [2.24, 2.45) is 0 Å². The van der Waals surface area contributed by atoms with Crippen molar-refractivity contribution in [3.05, 3.63) is 21.1 Å². The monoisotopic (exact) mass is 306 g/mol. The third kappa shape index (κ3) is 3.15. The fourth-order valence-electron chi connectivity index (χ4n) is 1.48. The second-order valence-corrected chi connectivity index (χ2v) is 4.67. The summed E-state index contributed by atoms with van der Waals surface area (Å²) < 4.78 is 6.11.